The van der Waals surface area contributed by atoms with E-state index in [0.29, 0.717) is 18.8 Å². The standard InChI is InChI=1S/C24H25N5O3/c1-13-17(5-4-6-18(13)23(25)30)19-11-16(21-14(2)28-32-15(21)3)12-20-22(19)27-24(26-20)29-7-9-31-10-8-29/h4-6,11-12H,7-10H2,1-3H3,(H2,25,30)(H,26,27). The highest BCUT2D eigenvalue weighted by atomic mass is 16.5. The van der Waals surface area contributed by atoms with Crippen molar-refractivity contribution < 1.29 is 14.1 Å². The summed E-state index contributed by atoms with van der Waals surface area (Å²) in [5.74, 6) is 1.12. The number of carbonyl (C=O) groups excluding carboxylic acids is 1. The number of H-pyrrole nitrogens is 1. The van der Waals surface area contributed by atoms with Crippen LogP contribution in [0.25, 0.3) is 33.3 Å². The molecule has 0 spiro atoms. The first-order chi connectivity index (χ1) is 15.4. The molecule has 1 aliphatic rings. The number of morpholine rings is 1. The van der Waals surface area contributed by atoms with Crippen LogP contribution >= 0.6 is 0 Å². The number of aryl methyl sites for hydroxylation is 2. The number of primary amides is 1. The lowest BCUT2D eigenvalue weighted by atomic mass is 9.92. The molecule has 0 atom stereocenters. The van der Waals surface area contributed by atoms with Crippen LogP contribution in [0.15, 0.2) is 34.9 Å². The number of nitrogens with zero attached hydrogens (tertiary/aromatic N) is 3. The highest BCUT2D eigenvalue weighted by molar-refractivity contribution is 6.01. The van der Waals surface area contributed by atoms with Crippen molar-refractivity contribution in [2.24, 2.45) is 5.73 Å². The molecule has 2 aromatic heterocycles. The van der Waals surface area contributed by atoms with Crippen molar-refractivity contribution in [1.82, 2.24) is 15.1 Å². The van der Waals surface area contributed by atoms with Crippen LogP contribution < -0.4 is 10.6 Å². The maximum atomic E-state index is 12.0. The average Bonchev–Trinajstić information content (AvgIpc) is 3.36. The van der Waals surface area contributed by atoms with E-state index in [9.17, 15) is 4.79 Å². The fourth-order valence-electron chi connectivity index (χ4n) is 4.47. The predicted molar refractivity (Wildman–Crippen MR) is 123 cm³/mol. The number of ether oxygens (including phenoxy) is 1. The fourth-order valence-corrected chi connectivity index (χ4v) is 4.47. The number of anilines is 1. The topological polar surface area (TPSA) is 110 Å². The number of benzene rings is 2. The first kappa shape index (κ1) is 20.3. The van der Waals surface area contributed by atoms with Crippen LogP contribution in [0.3, 0.4) is 0 Å². The van der Waals surface area contributed by atoms with Gasteiger partial charge in [0.15, 0.2) is 0 Å². The molecule has 164 valence electrons. The molecule has 0 radical (unpaired) electrons. The van der Waals surface area contributed by atoms with E-state index in [-0.39, 0.29) is 0 Å². The van der Waals surface area contributed by atoms with Gasteiger partial charge in [-0.3, -0.25) is 4.79 Å². The van der Waals surface area contributed by atoms with E-state index in [0.717, 1.165) is 69.3 Å². The summed E-state index contributed by atoms with van der Waals surface area (Å²) in [5.41, 5.74) is 13.3. The van der Waals surface area contributed by atoms with E-state index >= 15 is 0 Å². The van der Waals surface area contributed by atoms with Crippen molar-refractivity contribution in [3.63, 3.8) is 0 Å². The second-order valence-corrected chi connectivity index (χ2v) is 8.12. The highest BCUT2D eigenvalue weighted by Crippen LogP contribution is 2.38. The van der Waals surface area contributed by atoms with E-state index in [2.05, 4.69) is 27.2 Å². The zero-order chi connectivity index (χ0) is 22.4. The number of aromatic nitrogens is 3. The fraction of sp³-hybridized carbons (Fsp3) is 0.292. The SMILES string of the molecule is Cc1noc(C)c1-c1cc(-c2cccc(C(N)=O)c2C)c2nc(N3CCOCC3)[nH]c2c1. The van der Waals surface area contributed by atoms with Crippen LogP contribution in [-0.4, -0.2) is 47.3 Å². The third-order valence-corrected chi connectivity index (χ3v) is 6.10. The van der Waals surface area contributed by atoms with Crippen molar-refractivity contribution in [3.05, 3.63) is 52.9 Å². The Morgan fingerprint density at radius 3 is 2.59 bits per heavy atom. The van der Waals surface area contributed by atoms with E-state index in [1.807, 2.05) is 32.9 Å². The van der Waals surface area contributed by atoms with Gasteiger partial charge in [-0.25, -0.2) is 4.98 Å². The Morgan fingerprint density at radius 2 is 1.91 bits per heavy atom. The van der Waals surface area contributed by atoms with Crippen molar-refractivity contribution in [1.29, 1.82) is 0 Å². The molecule has 5 rings (SSSR count). The van der Waals surface area contributed by atoms with E-state index < -0.39 is 5.91 Å². The molecule has 32 heavy (non-hydrogen) atoms. The molecule has 1 amide bonds. The van der Waals surface area contributed by atoms with Crippen molar-refractivity contribution in [3.8, 4) is 22.3 Å². The molecule has 4 aromatic rings. The number of nitrogens with two attached hydrogens (primary N) is 1. The third-order valence-electron chi connectivity index (χ3n) is 6.10. The number of hydrogen-bond donors (Lipinski definition) is 2. The summed E-state index contributed by atoms with van der Waals surface area (Å²) in [6, 6.07) is 9.77. The van der Waals surface area contributed by atoms with Gasteiger partial charge < -0.3 is 24.9 Å². The molecule has 0 unspecified atom stereocenters. The minimum Gasteiger partial charge on any atom is -0.378 e. The lowest BCUT2D eigenvalue weighted by Crippen LogP contribution is -2.36. The number of rotatable bonds is 4. The lowest BCUT2D eigenvalue weighted by Gasteiger charge is -2.26. The number of imidazole rings is 1. The molecule has 3 heterocycles. The number of nitrogens with one attached hydrogen (secondary N) is 1. The molecular weight excluding hydrogens is 406 g/mol. The Hall–Kier alpha value is -3.65. The van der Waals surface area contributed by atoms with Crippen molar-refractivity contribution >= 4 is 22.9 Å². The Kier molecular flexibility index (Phi) is 4.94. The van der Waals surface area contributed by atoms with Crippen LogP contribution in [0.5, 0.6) is 0 Å². The average molecular weight is 431 g/mol. The van der Waals surface area contributed by atoms with Gasteiger partial charge in [-0.1, -0.05) is 17.3 Å². The maximum absolute atomic E-state index is 12.0. The summed E-state index contributed by atoms with van der Waals surface area (Å²) >= 11 is 0. The molecular formula is C24H25N5O3. The summed E-state index contributed by atoms with van der Waals surface area (Å²) in [6.07, 6.45) is 0. The minimum atomic E-state index is -0.446. The number of amides is 1. The summed E-state index contributed by atoms with van der Waals surface area (Å²) in [5, 5.41) is 4.12. The first-order valence-corrected chi connectivity index (χ1v) is 10.6. The van der Waals surface area contributed by atoms with E-state index in [1.165, 1.54) is 0 Å². The largest absolute Gasteiger partial charge is 0.378 e. The molecule has 1 fully saturated rings. The van der Waals surface area contributed by atoms with Gasteiger partial charge in [0.2, 0.25) is 11.9 Å². The van der Waals surface area contributed by atoms with Gasteiger partial charge in [0, 0.05) is 29.8 Å². The molecule has 8 heteroatoms. The Balaban J connectivity index is 1.77. The first-order valence-electron chi connectivity index (χ1n) is 10.6. The minimum absolute atomic E-state index is 0.446. The van der Waals surface area contributed by atoms with Gasteiger partial charge in [0.1, 0.15) is 5.76 Å². The third kappa shape index (κ3) is 3.33. The van der Waals surface area contributed by atoms with Crippen LogP contribution in [0.2, 0.25) is 0 Å². The monoisotopic (exact) mass is 431 g/mol. The molecule has 0 bridgehead atoms. The Morgan fingerprint density at radius 1 is 1.12 bits per heavy atom. The number of hydrogen-bond acceptors (Lipinski definition) is 6. The quantitative estimate of drug-likeness (QED) is 0.509. The Labute approximate surface area is 185 Å². The van der Waals surface area contributed by atoms with Crippen LogP contribution in [0.4, 0.5) is 5.95 Å². The number of fused-ring (bicyclic) bond motifs is 1. The summed E-state index contributed by atoms with van der Waals surface area (Å²) in [4.78, 5) is 22.6. The number of aromatic amines is 1. The molecule has 2 aromatic carbocycles. The van der Waals surface area contributed by atoms with E-state index in [1.54, 1.807) is 6.07 Å². The Bertz CT molecular complexity index is 1310. The van der Waals surface area contributed by atoms with Gasteiger partial charge in [0.05, 0.1) is 29.9 Å². The van der Waals surface area contributed by atoms with Gasteiger partial charge in [0.25, 0.3) is 0 Å². The molecule has 0 saturated carbocycles. The molecule has 1 saturated heterocycles. The van der Waals surface area contributed by atoms with Crippen molar-refractivity contribution in [2.45, 2.75) is 20.8 Å². The number of carbonyl (C=O) groups is 1. The second-order valence-electron chi connectivity index (χ2n) is 8.12. The summed E-state index contributed by atoms with van der Waals surface area (Å²) in [7, 11) is 0. The summed E-state index contributed by atoms with van der Waals surface area (Å²) in [6.45, 7) is 8.66. The lowest BCUT2D eigenvalue weighted by molar-refractivity contribution is 0.0999. The van der Waals surface area contributed by atoms with Crippen molar-refractivity contribution in [2.75, 3.05) is 31.2 Å². The molecule has 0 aliphatic carbocycles. The summed E-state index contributed by atoms with van der Waals surface area (Å²) < 4.78 is 10.9. The van der Waals surface area contributed by atoms with Gasteiger partial charge in [-0.2, -0.15) is 0 Å². The molecule has 1 aliphatic heterocycles. The maximum Gasteiger partial charge on any atom is 0.248 e. The van der Waals surface area contributed by atoms with Crippen LogP contribution in [-0.2, 0) is 4.74 Å². The van der Waals surface area contributed by atoms with E-state index in [4.69, 9.17) is 20.0 Å². The van der Waals surface area contributed by atoms with Gasteiger partial charge in [-0.15, -0.1) is 0 Å². The normalized spacial score (nSPS) is 14.3. The van der Waals surface area contributed by atoms with Crippen LogP contribution in [0, 0.1) is 20.8 Å². The predicted octanol–water partition coefficient (Wildman–Crippen LogP) is 3.75. The van der Waals surface area contributed by atoms with Gasteiger partial charge in [-0.05, 0) is 55.7 Å². The zero-order valence-electron chi connectivity index (χ0n) is 18.4. The van der Waals surface area contributed by atoms with Gasteiger partial charge >= 0.3 is 0 Å². The highest BCUT2D eigenvalue weighted by Gasteiger charge is 2.21. The second kappa shape index (κ2) is 7.80. The van der Waals surface area contributed by atoms with Crippen LogP contribution in [0.1, 0.15) is 27.4 Å². The molecule has 8 nitrogen and oxygen atoms in total. The zero-order valence-corrected chi connectivity index (χ0v) is 18.4. The smallest absolute Gasteiger partial charge is 0.248 e. The molecule has 3 N–H and O–H groups in total.